The molecule has 0 spiro atoms. The Hall–Kier alpha value is -0.540. The average Bonchev–Trinajstić information content (AvgIpc) is 1.98. The van der Waals surface area contributed by atoms with Crippen molar-refractivity contribution >= 4 is 17.6 Å². The van der Waals surface area contributed by atoms with Crippen LogP contribution in [0.15, 0.2) is 12.2 Å². The summed E-state index contributed by atoms with van der Waals surface area (Å²) in [5, 5.41) is 8.24. The van der Waals surface area contributed by atoms with Crippen LogP contribution in [0.2, 0.25) is 0 Å². The maximum atomic E-state index is 10.3. The minimum atomic E-state index is -0.454. The lowest BCUT2D eigenvalue weighted by molar-refractivity contribution is -0.139. The first kappa shape index (κ1) is 9.46. The molecule has 0 heterocycles. The minimum Gasteiger partial charge on any atom is -0.461 e. The third-order valence-electron chi connectivity index (χ3n) is 0.722. The van der Waals surface area contributed by atoms with E-state index < -0.39 is 5.97 Å². The Morgan fingerprint density at radius 2 is 2.30 bits per heavy atom. The highest BCUT2D eigenvalue weighted by molar-refractivity contribution is 6.26. The van der Waals surface area contributed by atoms with Gasteiger partial charge in [0.25, 0.3) is 0 Å². The van der Waals surface area contributed by atoms with Gasteiger partial charge in [-0.2, -0.15) is 0 Å². The second kappa shape index (κ2) is 6.58. The number of rotatable bonds is 4. The maximum absolute atomic E-state index is 10.3. The molecule has 1 N–H and O–H groups in total. The normalized spacial score (nSPS) is 10.2. The predicted octanol–water partition coefficient (Wildman–Crippen LogP) is 0.317. The average molecular weight is 165 g/mol. The molecule has 58 valence electrons. The number of halogens is 1. The number of carbonyl (C=O) groups is 1. The van der Waals surface area contributed by atoms with Crippen molar-refractivity contribution < 1.29 is 14.6 Å². The third-order valence-corrected chi connectivity index (χ3v) is 0.940. The molecule has 0 atom stereocenters. The number of aliphatic hydroxyl groups excluding tert-OH is 1. The van der Waals surface area contributed by atoms with Gasteiger partial charge in [0.05, 0.1) is 6.61 Å². The number of hydrogen-bond donors (Lipinski definition) is 1. The van der Waals surface area contributed by atoms with Gasteiger partial charge in [-0.25, -0.2) is 0 Å². The zero-order valence-electron chi connectivity index (χ0n) is 5.42. The number of alkyl halides is 1. The molecule has 0 saturated heterocycles. The molecule has 0 aliphatic carbocycles. The van der Waals surface area contributed by atoms with E-state index in [1.54, 1.807) is 6.08 Å². The summed E-state index contributed by atoms with van der Waals surface area (Å²) in [7, 11) is 0. The van der Waals surface area contributed by atoms with E-state index in [2.05, 4.69) is 4.74 Å². The van der Waals surface area contributed by atoms with Gasteiger partial charge in [-0.05, 0) is 6.08 Å². The van der Waals surface area contributed by atoms with Crippen LogP contribution in [0.4, 0.5) is 0 Å². The van der Waals surface area contributed by atoms with Crippen molar-refractivity contribution in [1.82, 2.24) is 0 Å². The zero-order chi connectivity index (χ0) is 7.82. The Kier molecular flexibility index (Phi) is 6.22. The standard InChI is InChI=1S/C6H9ClO3/c7-5-6(9)10-4-2-1-3-8/h1-2,8H,3-5H2/b2-1-. The Bertz CT molecular complexity index is 122. The zero-order valence-corrected chi connectivity index (χ0v) is 6.17. The molecule has 0 aromatic rings. The van der Waals surface area contributed by atoms with Crippen molar-refractivity contribution in [3.8, 4) is 0 Å². The van der Waals surface area contributed by atoms with Crippen molar-refractivity contribution in [2.75, 3.05) is 19.1 Å². The van der Waals surface area contributed by atoms with Crippen LogP contribution >= 0.6 is 11.6 Å². The quantitative estimate of drug-likeness (QED) is 0.370. The summed E-state index contributed by atoms with van der Waals surface area (Å²) >= 11 is 5.12. The first-order chi connectivity index (χ1) is 4.81. The fourth-order valence-corrected chi connectivity index (χ4v) is 0.399. The lowest BCUT2D eigenvalue weighted by Gasteiger charge is -1.95. The number of aliphatic hydroxyl groups is 1. The molecule has 0 aromatic carbocycles. The Balaban J connectivity index is 3.19. The lowest BCUT2D eigenvalue weighted by Crippen LogP contribution is -2.05. The molecule has 0 radical (unpaired) electrons. The van der Waals surface area contributed by atoms with Crippen molar-refractivity contribution in [2.24, 2.45) is 0 Å². The van der Waals surface area contributed by atoms with Crippen molar-refractivity contribution in [3.05, 3.63) is 12.2 Å². The van der Waals surface area contributed by atoms with Crippen molar-refractivity contribution in [1.29, 1.82) is 0 Å². The van der Waals surface area contributed by atoms with E-state index >= 15 is 0 Å². The smallest absolute Gasteiger partial charge is 0.321 e. The van der Waals surface area contributed by atoms with Gasteiger partial charge in [0, 0.05) is 0 Å². The topological polar surface area (TPSA) is 46.5 Å². The van der Waals surface area contributed by atoms with Crippen LogP contribution in [0.5, 0.6) is 0 Å². The van der Waals surface area contributed by atoms with E-state index in [4.69, 9.17) is 16.7 Å². The van der Waals surface area contributed by atoms with Gasteiger partial charge >= 0.3 is 5.97 Å². The van der Waals surface area contributed by atoms with E-state index in [9.17, 15) is 4.79 Å². The van der Waals surface area contributed by atoms with Crippen LogP contribution in [0.1, 0.15) is 0 Å². The molecule has 10 heavy (non-hydrogen) atoms. The van der Waals surface area contributed by atoms with Crippen LogP contribution in [-0.2, 0) is 9.53 Å². The van der Waals surface area contributed by atoms with Gasteiger partial charge in [0.2, 0.25) is 0 Å². The second-order valence-electron chi connectivity index (χ2n) is 1.47. The summed E-state index contributed by atoms with van der Waals surface area (Å²) in [5.41, 5.74) is 0. The summed E-state index contributed by atoms with van der Waals surface area (Å²) in [6.45, 7) is 0.130. The van der Waals surface area contributed by atoms with E-state index in [0.717, 1.165) is 0 Å². The first-order valence-corrected chi connectivity index (χ1v) is 3.32. The second-order valence-corrected chi connectivity index (χ2v) is 1.74. The molecular weight excluding hydrogens is 156 g/mol. The maximum Gasteiger partial charge on any atom is 0.321 e. The van der Waals surface area contributed by atoms with E-state index in [1.807, 2.05) is 0 Å². The third kappa shape index (κ3) is 5.59. The molecule has 0 aromatic heterocycles. The van der Waals surface area contributed by atoms with E-state index in [1.165, 1.54) is 6.08 Å². The van der Waals surface area contributed by atoms with E-state index in [-0.39, 0.29) is 19.1 Å². The molecule has 0 aliphatic rings. The Labute approximate surface area is 64.2 Å². The summed E-state index contributed by atoms with van der Waals surface area (Å²) < 4.78 is 4.52. The number of hydrogen-bond acceptors (Lipinski definition) is 3. The molecule has 4 heteroatoms. The van der Waals surface area contributed by atoms with Gasteiger partial charge in [-0.3, -0.25) is 4.79 Å². The van der Waals surface area contributed by atoms with Crippen LogP contribution in [0, 0.1) is 0 Å². The van der Waals surface area contributed by atoms with Crippen molar-refractivity contribution in [2.45, 2.75) is 0 Å². The van der Waals surface area contributed by atoms with Crippen molar-refractivity contribution in [3.63, 3.8) is 0 Å². The predicted molar refractivity (Wildman–Crippen MR) is 37.9 cm³/mol. The Morgan fingerprint density at radius 3 is 2.80 bits per heavy atom. The van der Waals surface area contributed by atoms with Gasteiger partial charge in [-0.15, -0.1) is 11.6 Å². The molecule has 0 fully saturated rings. The molecule has 0 unspecified atom stereocenters. The molecule has 0 bridgehead atoms. The van der Waals surface area contributed by atoms with E-state index in [0.29, 0.717) is 0 Å². The molecule has 3 nitrogen and oxygen atoms in total. The SMILES string of the molecule is O=C(CCl)OC/C=C\CO. The van der Waals surface area contributed by atoms with Crippen LogP contribution in [0.3, 0.4) is 0 Å². The van der Waals surface area contributed by atoms with Crippen LogP contribution in [0.25, 0.3) is 0 Å². The Morgan fingerprint density at radius 1 is 1.60 bits per heavy atom. The number of esters is 1. The summed E-state index contributed by atoms with van der Waals surface area (Å²) in [6.07, 6.45) is 3.03. The largest absolute Gasteiger partial charge is 0.461 e. The van der Waals surface area contributed by atoms with Gasteiger partial charge in [0.1, 0.15) is 12.5 Å². The molecular formula is C6H9ClO3. The highest BCUT2D eigenvalue weighted by Gasteiger charge is 1.94. The molecule has 0 saturated carbocycles. The number of carbonyl (C=O) groups excluding carboxylic acids is 1. The summed E-state index contributed by atoms with van der Waals surface area (Å²) in [5.74, 6) is -0.586. The highest BCUT2D eigenvalue weighted by Crippen LogP contribution is 1.83. The summed E-state index contributed by atoms with van der Waals surface area (Å²) in [6, 6.07) is 0. The molecule has 0 aliphatic heterocycles. The highest BCUT2D eigenvalue weighted by atomic mass is 35.5. The molecule has 0 rings (SSSR count). The van der Waals surface area contributed by atoms with Crippen LogP contribution < -0.4 is 0 Å². The van der Waals surface area contributed by atoms with Gasteiger partial charge in [-0.1, -0.05) is 6.08 Å². The van der Waals surface area contributed by atoms with Gasteiger partial charge < -0.3 is 9.84 Å². The molecule has 0 amide bonds. The fourth-order valence-electron chi connectivity index (χ4n) is 0.322. The lowest BCUT2D eigenvalue weighted by atomic mass is 10.5. The van der Waals surface area contributed by atoms with Gasteiger partial charge in [0.15, 0.2) is 0 Å². The number of ether oxygens (including phenoxy) is 1. The monoisotopic (exact) mass is 164 g/mol. The first-order valence-electron chi connectivity index (χ1n) is 2.78. The minimum absolute atomic E-state index is 0.0432. The van der Waals surface area contributed by atoms with Crippen LogP contribution in [-0.4, -0.2) is 30.2 Å². The summed E-state index contributed by atoms with van der Waals surface area (Å²) in [4.78, 5) is 10.3. The fraction of sp³-hybridized carbons (Fsp3) is 0.500.